The van der Waals surface area contributed by atoms with E-state index < -0.39 is 0 Å². The van der Waals surface area contributed by atoms with E-state index in [0.717, 1.165) is 0 Å². The zero-order valence-corrected chi connectivity index (χ0v) is 9.64. The van der Waals surface area contributed by atoms with Gasteiger partial charge in [0.25, 0.3) is 5.56 Å². The van der Waals surface area contributed by atoms with Gasteiger partial charge in [-0.1, -0.05) is 0 Å². The van der Waals surface area contributed by atoms with Crippen molar-refractivity contribution in [3.8, 4) is 11.5 Å². The van der Waals surface area contributed by atoms with Crippen LogP contribution < -0.4 is 5.56 Å². The molecule has 0 fully saturated rings. The summed E-state index contributed by atoms with van der Waals surface area (Å²) in [7, 11) is 0. The van der Waals surface area contributed by atoms with Gasteiger partial charge in [-0.2, -0.15) is 9.78 Å². The highest BCUT2D eigenvalue weighted by atomic mass is 19.1. The van der Waals surface area contributed by atoms with Crippen molar-refractivity contribution in [3.05, 3.63) is 65.5 Å². The van der Waals surface area contributed by atoms with Crippen molar-refractivity contribution in [1.29, 1.82) is 0 Å². The monoisotopic (exact) mass is 257 g/mol. The molecule has 0 amide bonds. The molecule has 0 aliphatic heterocycles. The van der Waals surface area contributed by atoms with Crippen LogP contribution in [0.5, 0.6) is 0 Å². The SMILES string of the molecule is O=c1c(-n2cncn2)nccn1-c1ccc(F)cc1. The van der Waals surface area contributed by atoms with E-state index in [1.807, 2.05) is 0 Å². The molecule has 0 radical (unpaired) electrons. The summed E-state index contributed by atoms with van der Waals surface area (Å²) in [5.41, 5.74) is 0.190. The van der Waals surface area contributed by atoms with E-state index in [1.54, 1.807) is 0 Å². The van der Waals surface area contributed by atoms with Crippen LogP contribution in [-0.4, -0.2) is 24.3 Å². The van der Waals surface area contributed by atoms with Gasteiger partial charge < -0.3 is 0 Å². The van der Waals surface area contributed by atoms with Crippen molar-refractivity contribution in [1.82, 2.24) is 24.3 Å². The van der Waals surface area contributed by atoms with Crippen LogP contribution in [0.15, 0.2) is 54.1 Å². The third kappa shape index (κ3) is 2.01. The second-order valence-electron chi connectivity index (χ2n) is 3.74. The first-order valence-corrected chi connectivity index (χ1v) is 5.44. The molecule has 0 aliphatic rings. The fourth-order valence-corrected chi connectivity index (χ4v) is 1.68. The van der Waals surface area contributed by atoms with Crippen molar-refractivity contribution in [2.24, 2.45) is 0 Å². The Morgan fingerprint density at radius 3 is 2.63 bits per heavy atom. The molecule has 3 rings (SSSR count). The maximum absolute atomic E-state index is 12.9. The second kappa shape index (κ2) is 4.45. The summed E-state index contributed by atoms with van der Waals surface area (Å²) < 4.78 is 15.5. The fourth-order valence-electron chi connectivity index (χ4n) is 1.68. The van der Waals surface area contributed by atoms with Gasteiger partial charge in [0.1, 0.15) is 18.5 Å². The minimum absolute atomic E-state index is 0.129. The summed E-state index contributed by atoms with van der Waals surface area (Å²) in [5.74, 6) is -0.230. The molecule has 3 aromatic rings. The smallest absolute Gasteiger partial charge is 0.280 e. The number of nitrogens with zero attached hydrogens (tertiary/aromatic N) is 5. The minimum Gasteiger partial charge on any atom is -0.280 e. The van der Waals surface area contributed by atoms with Crippen molar-refractivity contribution in [2.45, 2.75) is 0 Å². The van der Waals surface area contributed by atoms with E-state index in [4.69, 9.17) is 0 Å². The first-order valence-electron chi connectivity index (χ1n) is 5.44. The lowest BCUT2D eigenvalue weighted by Crippen LogP contribution is -2.24. The topological polar surface area (TPSA) is 65.6 Å². The third-order valence-corrected chi connectivity index (χ3v) is 2.56. The standard InChI is InChI=1S/C12H8FN5O/c13-9-1-3-10(4-2-9)17-6-5-15-11(12(17)19)18-8-14-7-16-18/h1-8H. The summed E-state index contributed by atoms with van der Waals surface area (Å²) in [6.45, 7) is 0. The van der Waals surface area contributed by atoms with Crippen LogP contribution in [0.3, 0.4) is 0 Å². The quantitative estimate of drug-likeness (QED) is 0.685. The number of rotatable bonds is 2. The molecule has 7 heteroatoms. The van der Waals surface area contributed by atoms with E-state index in [0.29, 0.717) is 5.69 Å². The highest BCUT2D eigenvalue weighted by Crippen LogP contribution is 2.07. The molecular formula is C12H8FN5O. The Kier molecular flexibility index (Phi) is 2.64. The lowest BCUT2D eigenvalue weighted by Gasteiger charge is -2.06. The minimum atomic E-state index is -0.361. The zero-order chi connectivity index (χ0) is 13.2. The lowest BCUT2D eigenvalue weighted by atomic mass is 10.3. The maximum atomic E-state index is 12.9. The van der Waals surface area contributed by atoms with Crippen LogP contribution in [0, 0.1) is 5.82 Å². The van der Waals surface area contributed by atoms with Gasteiger partial charge in [-0.25, -0.2) is 14.4 Å². The number of hydrogen-bond donors (Lipinski definition) is 0. The average molecular weight is 257 g/mol. The summed E-state index contributed by atoms with van der Waals surface area (Å²) in [6, 6.07) is 5.61. The molecule has 0 spiro atoms. The molecule has 94 valence electrons. The van der Waals surface area contributed by atoms with E-state index in [9.17, 15) is 9.18 Å². The zero-order valence-electron chi connectivity index (χ0n) is 9.64. The summed E-state index contributed by atoms with van der Waals surface area (Å²) >= 11 is 0. The maximum Gasteiger partial charge on any atom is 0.300 e. The molecule has 0 saturated carbocycles. The molecule has 0 unspecified atom stereocenters. The fraction of sp³-hybridized carbons (Fsp3) is 0. The largest absolute Gasteiger partial charge is 0.300 e. The summed E-state index contributed by atoms with van der Waals surface area (Å²) in [5, 5.41) is 3.87. The van der Waals surface area contributed by atoms with Gasteiger partial charge in [0.05, 0.1) is 0 Å². The van der Waals surface area contributed by atoms with Gasteiger partial charge in [-0.3, -0.25) is 9.36 Å². The number of halogens is 1. The summed E-state index contributed by atoms with van der Waals surface area (Å²) in [4.78, 5) is 20.0. The molecule has 0 N–H and O–H groups in total. The average Bonchev–Trinajstić information content (AvgIpc) is 2.94. The van der Waals surface area contributed by atoms with E-state index in [2.05, 4.69) is 15.1 Å². The lowest BCUT2D eigenvalue weighted by molar-refractivity contribution is 0.627. The molecule has 2 aromatic heterocycles. The van der Waals surface area contributed by atoms with Crippen LogP contribution in [0.2, 0.25) is 0 Å². The Labute approximate surface area is 106 Å². The molecule has 6 nitrogen and oxygen atoms in total. The first-order chi connectivity index (χ1) is 9.25. The number of benzene rings is 1. The van der Waals surface area contributed by atoms with E-state index in [-0.39, 0.29) is 17.2 Å². The Bertz CT molecular complexity index is 749. The molecule has 0 bridgehead atoms. The molecular weight excluding hydrogens is 249 g/mol. The van der Waals surface area contributed by atoms with Gasteiger partial charge in [-0.15, -0.1) is 0 Å². The Morgan fingerprint density at radius 1 is 1.16 bits per heavy atom. The first kappa shape index (κ1) is 11.3. The Hall–Kier alpha value is -2.83. The van der Waals surface area contributed by atoms with Crippen LogP contribution in [0.4, 0.5) is 4.39 Å². The van der Waals surface area contributed by atoms with Crippen molar-refractivity contribution < 1.29 is 4.39 Å². The van der Waals surface area contributed by atoms with Crippen LogP contribution >= 0.6 is 0 Å². The number of hydrogen-bond acceptors (Lipinski definition) is 4. The predicted octanol–water partition coefficient (Wildman–Crippen LogP) is 0.952. The molecule has 19 heavy (non-hydrogen) atoms. The van der Waals surface area contributed by atoms with Gasteiger partial charge in [0.15, 0.2) is 0 Å². The van der Waals surface area contributed by atoms with Gasteiger partial charge in [0, 0.05) is 18.1 Å². The third-order valence-electron chi connectivity index (χ3n) is 2.56. The normalized spacial score (nSPS) is 10.6. The van der Waals surface area contributed by atoms with Gasteiger partial charge in [0.2, 0.25) is 5.82 Å². The highest BCUT2D eigenvalue weighted by molar-refractivity contribution is 5.33. The van der Waals surface area contributed by atoms with Crippen molar-refractivity contribution in [2.75, 3.05) is 0 Å². The van der Waals surface area contributed by atoms with E-state index >= 15 is 0 Å². The van der Waals surface area contributed by atoms with Gasteiger partial charge in [-0.05, 0) is 24.3 Å². The van der Waals surface area contributed by atoms with Crippen molar-refractivity contribution >= 4 is 0 Å². The number of aromatic nitrogens is 5. The highest BCUT2D eigenvalue weighted by Gasteiger charge is 2.08. The summed E-state index contributed by atoms with van der Waals surface area (Å²) in [6.07, 6.45) is 5.69. The Morgan fingerprint density at radius 2 is 1.95 bits per heavy atom. The van der Waals surface area contributed by atoms with Crippen LogP contribution in [0.25, 0.3) is 11.5 Å². The molecule has 2 heterocycles. The van der Waals surface area contributed by atoms with Crippen LogP contribution in [0.1, 0.15) is 0 Å². The molecule has 0 saturated heterocycles. The van der Waals surface area contributed by atoms with Crippen molar-refractivity contribution in [3.63, 3.8) is 0 Å². The predicted molar refractivity (Wildman–Crippen MR) is 64.7 cm³/mol. The Balaban J connectivity index is 2.16. The molecule has 0 atom stereocenters. The molecule has 1 aromatic carbocycles. The van der Waals surface area contributed by atoms with Crippen LogP contribution in [-0.2, 0) is 0 Å². The van der Waals surface area contributed by atoms with Gasteiger partial charge >= 0.3 is 0 Å². The molecule has 0 aliphatic carbocycles. The second-order valence-corrected chi connectivity index (χ2v) is 3.74. The van der Waals surface area contributed by atoms with E-state index in [1.165, 1.54) is 58.6 Å².